The van der Waals surface area contributed by atoms with Gasteiger partial charge in [-0.25, -0.2) is 0 Å². The van der Waals surface area contributed by atoms with Gasteiger partial charge < -0.3 is 5.32 Å². The van der Waals surface area contributed by atoms with Crippen molar-refractivity contribution in [3.63, 3.8) is 0 Å². The summed E-state index contributed by atoms with van der Waals surface area (Å²) < 4.78 is 0. The van der Waals surface area contributed by atoms with Crippen molar-refractivity contribution in [3.05, 3.63) is 35.9 Å². The minimum atomic E-state index is 0.235. The lowest BCUT2D eigenvalue weighted by atomic mass is 9.94. The summed E-state index contributed by atoms with van der Waals surface area (Å²) in [5, 5.41) is 3.67. The van der Waals surface area contributed by atoms with Gasteiger partial charge >= 0.3 is 0 Å². The van der Waals surface area contributed by atoms with Crippen molar-refractivity contribution < 1.29 is 0 Å². The van der Waals surface area contributed by atoms with Crippen LogP contribution >= 0.6 is 0 Å². The Hall–Kier alpha value is -0.860. The standard InChI is InChI=1S/C16H26N2/c1-4-5-11-18-13-16(2,3)17-12-15(18)14-9-7-6-8-10-14/h6-10,15,17H,4-5,11-13H2,1-3H3. The minimum Gasteiger partial charge on any atom is -0.309 e. The summed E-state index contributed by atoms with van der Waals surface area (Å²) in [5.41, 5.74) is 1.68. The van der Waals surface area contributed by atoms with Crippen molar-refractivity contribution in [2.45, 2.75) is 45.2 Å². The van der Waals surface area contributed by atoms with Crippen molar-refractivity contribution in [1.29, 1.82) is 0 Å². The molecule has 1 aliphatic rings. The molecule has 0 aliphatic carbocycles. The second kappa shape index (κ2) is 5.85. The molecule has 0 saturated carbocycles. The molecule has 0 radical (unpaired) electrons. The molecule has 1 saturated heterocycles. The topological polar surface area (TPSA) is 15.3 Å². The Kier molecular flexibility index (Phi) is 4.41. The minimum absolute atomic E-state index is 0.235. The van der Waals surface area contributed by atoms with Gasteiger partial charge in [0.15, 0.2) is 0 Å². The predicted molar refractivity (Wildman–Crippen MR) is 77.7 cm³/mol. The molecule has 2 heteroatoms. The summed E-state index contributed by atoms with van der Waals surface area (Å²) >= 11 is 0. The molecular formula is C16H26N2. The van der Waals surface area contributed by atoms with Crippen LogP contribution in [0, 0.1) is 0 Å². The lowest BCUT2D eigenvalue weighted by Gasteiger charge is -2.45. The molecule has 1 heterocycles. The van der Waals surface area contributed by atoms with E-state index < -0.39 is 0 Å². The van der Waals surface area contributed by atoms with E-state index in [2.05, 4.69) is 61.3 Å². The van der Waals surface area contributed by atoms with Gasteiger partial charge in [0, 0.05) is 24.7 Å². The Bertz CT molecular complexity index is 359. The highest BCUT2D eigenvalue weighted by atomic mass is 15.2. The lowest BCUT2D eigenvalue weighted by Crippen LogP contribution is -2.58. The fourth-order valence-electron chi connectivity index (χ4n) is 2.78. The van der Waals surface area contributed by atoms with E-state index in [1.807, 2.05) is 0 Å². The SMILES string of the molecule is CCCCN1CC(C)(C)NCC1c1ccccc1. The van der Waals surface area contributed by atoms with E-state index in [-0.39, 0.29) is 5.54 Å². The second-order valence-electron chi connectivity index (χ2n) is 6.02. The molecule has 1 N–H and O–H groups in total. The molecule has 0 aromatic heterocycles. The monoisotopic (exact) mass is 246 g/mol. The van der Waals surface area contributed by atoms with Crippen LogP contribution in [0.2, 0.25) is 0 Å². The van der Waals surface area contributed by atoms with E-state index in [9.17, 15) is 0 Å². The van der Waals surface area contributed by atoms with Gasteiger partial charge in [0.2, 0.25) is 0 Å². The maximum absolute atomic E-state index is 3.67. The Balaban J connectivity index is 2.12. The maximum atomic E-state index is 3.67. The van der Waals surface area contributed by atoms with Crippen LogP contribution in [0.25, 0.3) is 0 Å². The fourth-order valence-corrected chi connectivity index (χ4v) is 2.78. The molecule has 1 fully saturated rings. The summed E-state index contributed by atoms with van der Waals surface area (Å²) in [6.45, 7) is 10.3. The summed E-state index contributed by atoms with van der Waals surface area (Å²) in [5.74, 6) is 0. The van der Waals surface area contributed by atoms with E-state index in [4.69, 9.17) is 0 Å². The molecule has 100 valence electrons. The Morgan fingerprint density at radius 1 is 1.28 bits per heavy atom. The van der Waals surface area contributed by atoms with Gasteiger partial charge in [-0.2, -0.15) is 0 Å². The molecule has 2 nitrogen and oxygen atoms in total. The first-order chi connectivity index (χ1) is 8.62. The predicted octanol–water partition coefficient (Wildman–Crippen LogP) is 3.21. The van der Waals surface area contributed by atoms with Crippen LogP contribution < -0.4 is 5.32 Å². The average Bonchev–Trinajstić information content (AvgIpc) is 2.36. The molecule has 1 aromatic carbocycles. The third-order valence-corrected chi connectivity index (χ3v) is 3.80. The number of nitrogens with one attached hydrogen (secondary N) is 1. The molecular weight excluding hydrogens is 220 g/mol. The van der Waals surface area contributed by atoms with E-state index in [1.165, 1.54) is 24.9 Å². The molecule has 1 aliphatic heterocycles. The number of unbranched alkanes of at least 4 members (excludes halogenated alkanes) is 1. The Morgan fingerprint density at radius 2 is 2.00 bits per heavy atom. The molecule has 1 unspecified atom stereocenters. The summed E-state index contributed by atoms with van der Waals surface area (Å²) in [6.07, 6.45) is 2.56. The van der Waals surface area contributed by atoms with Gasteiger partial charge in [-0.15, -0.1) is 0 Å². The zero-order valence-electron chi connectivity index (χ0n) is 11.9. The number of piperazine rings is 1. The van der Waals surface area contributed by atoms with Crippen molar-refractivity contribution >= 4 is 0 Å². The van der Waals surface area contributed by atoms with E-state index in [0.29, 0.717) is 6.04 Å². The largest absolute Gasteiger partial charge is 0.309 e. The Morgan fingerprint density at radius 3 is 2.67 bits per heavy atom. The van der Waals surface area contributed by atoms with Gasteiger partial charge in [-0.3, -0.25) is 4.90 Å². The smallest absolute Gasteiger partial charge is 0.0473 e. The van der Waals surface area contributed by atoms with Crippen LogP contribution in [0.4, 0.5) is 0 Å². The first-order valence-electron chi connectivity index (χ1n) is 7.16. The average molecular weight is 246 g/mol. The third-order valence-electron chi connectivity index (χ3n) is 3.80. The van der Waals surface area contributed by atoms with Gasteiger partial charge in [0.25, 0.3) is 0 Å². The van der Waals surface area contributed by atoms with Gasteiger partial charge in [-0.1, -0.05) is 43.7 Å². The summed E-state index contributed by atoms with van der Waals surface area (Å²) in [7, 11) is 0. The molecule has 0 spiro atoms. The Labute approximate surface area is 111 Å². The quantitative estimate of drug-likeness (QED) is 0.877. The number of nitrogens with zero attached hydrogens (tertiary/aromatic N) is 1. The van der Waals surface area contributed by atoms with E-state index in [0.717, 1.165) is 13.1 Å². The molecule has 1 atom stereocenters. The van der Waals surface area contributed by atoms with E-state index >= 15 is 0 Å². The number of hydrogen-bond donors (Lipinski definition) is 1. The van der Waals surface area contributed by atoms with Gasteiger partial charge in [0.1, 0.15) is 0 Å². The molecule has 0 bridgehead atoms. The third kappa shape index (κ3) is 3.33. The zero-order chi connectivity index (χ0) is 13.0. The second-order valence-corrected chi connectivity index (χ2v) is 6.02. The fraction of sp³-hybridized carbons (Fsp3) is 0.625. The van der Waals surface area contributed by atoms with E-state index in [1.54, 1.807) is 0 Å². The van der Waals surface area contributed by atoms with Crippen LogP contribution in [-0.2, 0) is 0 Å². The van der Waals surface area contributed by atoms with Crippen LogP contribution in [0.15, 0.2) is 30.3 Å². The van der Waals surface area contributed by atoms with Crippen LogP contribution in [-0.4, -0.2) is 30.1 Å². The van der Waals surface area contributed by atoms with Crippen molar-refractivity contribution in [3.8, 4) is 0 Å². The van der Waals surface area contributed by atoms with Crippen LogP contribution in [0.3, 0.4) is 0 Å². The number of rotatable bonds is 4. The van der Waals surface area contributed by atoms with Crippen molar-refractivity contribution in [2.75, 3.05) is 19.6 Å². The van der Waals surface area contributed by atoms with Crippen LogP contribution in [0.1, 0.15) is 45.2 Å². The van der Waals surface area contributed by atoms with Gasteiger partial charge in [0.05, 0.1) is 0 Å². The highest BCUT2D eigenvalue weighted by molar-refractivity contribution is 5.20. The zero-order valence-corrected chi connectivity index (χ0v) is 11.9. The molecule has 0 amide bonds. The summed E-state index contributed by atoms with van der Waals surface area (Å²) in [4.78, 5) is 2.65. The van der Waals surface area contributed by atoms with Gasteiger partial charge in [-0.05, 0) is 32.4 Å². The lowest BCUT2D eigenvalue weighted by molar-refractivity contribution is 0.0937. The van der Waals surface area contributed by atoms with Crippen molar-refractivity contribution in [2.24, 2.45) is 0 Å². The summed E-state index contributed by atoms with van der Waals surface area (Å²) in [6, 6.07) is 11.4. The number of hydrogen-bond acceptors (Lipinski definition) is 2. The highest BCUT2D eigenvalue weighted by Gasteiger charge is 2.32. The highest BCUT2D eigenvalue weighted by Crippen LogP contribution is 2.27. The van der Waals surface area contributed by atoms with Crippen LogP contribution in [0.5, 0.6) is 0 Å². The first kappa shape index (κ1) is 13.6. The molecule has 1 aromatic rings. The maximum Gasteiger partial charge on any atom is 0.0473 e. The van der Waals surface area contributed by atoms with Crippen molar-refractivity contribution in [1.82, 2.24) is 10.2 Å². The first-order valence-corrected chi connectivity index (χ1v) is 7.16. The molecule has 2 rings (SSSR count). The number of benzene rings is 1. The normalized spacial score (nSPS) is 24.1. The molecule has 18 heavy (non-hydrogen) atoms.